The Hall–Kier alpha value is -1.77. The van der Waals surface area contributed by atoms with Gasteiger partial charge in [-0.3, -0.25) is 4.79 Å². The highest BCUT2D eigenvalue weighted by Crippen LogP contribution is 2.24. The van der Waals surface area contributed by atoms with E-state index >= 15 is 0 Å². The van der Waals surface area contributed by atoms with Gasteiger partial charge in [0.15, 0.2) is 0 Å². The van der Waals surface area contributed by atoms with Crippen molar-refractivity contribution in [2.24, 2.45) is 11.8 Å². The van der Waals surface area contributed by atoms with Crippen LogP contribution in [0.4, 0.5) is 4.79 Å². The minimum Gasteiger partial charge on any atom is -0.481 e. The summed E-state index contributed by atoms with van der Waals surface area (Å²) in [5.41, 5.74) is -0.624. The first-order chi connectivity index (χ1) is 7.74. The molecule has 1 rings (SSSR count). The van der Waals surface area contributed by atoms with Crippen LogP contribution in [-0.2, 0) is 9.53 Å². The predicted molar refractivity (Wildman–Crippen MR) is 58.0 cm³/mol. The van der Waals surface area contributed by atoms with Crippen molar-refractivity contribution in [1.82, 2.24) is 4.90 Å². The highest BCUT2D eigenvalue weighted by Gasteiger charge is 2.41. The fraction of sp³-hybridized carbons (Fsp3) is 0.727. The number of carboxylic acid groups (broad SMARTS) is 1. The molecular weight excluding hydrogens is 224 g/mol. The lowest BCUT2D eigenvalue weighted by atomic mass is 9.98. The van der Waals surface area contributed by atoms with E-state index in [1.165, 1.54) is 4.90 Å². The number of carbonyl (C=O) groups excluding carboxylic acids is 1. The molecule has 1 fully saturated rings. The van der Waals surface area contributed by atoms with E-state index in [0.29, 0.717) is 0 Å². The third kappa shape index (κ3) is 3.34. The Balaban J connectivity index is 2.68. The van der Waals surface area contributed by atoms with Crippen molar-refractivity contribution < 1.29 is 19.4 Å². The third-order valence-corrected chi connectivity index (χ3v) is 2.45. The molecule has 94 valence electrons. The molecular formula is C11H16N2O4. The largest absolute Gasteiger partial charge is 0.481 e. The van der Waals surface area contributed by atoms with Crippen LogP contribution in [-0.4, -0.2) is 40.8 Å². The maximum absolute atomic E-state index is 11.7. The molecule has 0 aromatic rings. The Morgan fingerprint density at radius 3 is 2.35 bits per heavy atom. The molecule has 0 unspecified atom stereocenters. The van der Waals surface area contributed by atoms with Crippen LogP contribution in [0.5, 0.6) is 0 Å². The molecule has 0 aromatic carbocycles. The summed E-state index contributed by atoms with van der Waals surface area (Å²) >= 11 is 0. The molecule has 1 amide bonds. The SMILES string of the molecule is CC(C)(C)OC(=O)N1C[C@H](C#N)[C@H](C(=O)O)C1. The number of aliphatic carboxylic acids is 1. The number of nitrogens with zero attached hydrogens (tertiary/aromatic N) is 2. The molecule has 1 aliphatic rings. The first-order valence-corrected chi connectivity index (χ1v) is 5.35. The number of hydrogen-bond acceptors (Lipinski definition) is 4. The van der Waals surface area contributed by atoms with E-state index in [1.807, 2.05) is 6.07 Å². The molecule has 0 aliphatic carbocycles. The summed E-state index contributed by atoms with van der Waals surface area (Å²) in [4.78, 5) is 23.9. The number of carbonyl (C=O) groups is 2. The molecule has 0 saturated carbocycles. The Labute approximate surface area is 99.8 Å². The molecule has 0 spiro atoms. The van der Waals surface area contributed by atoms with Crippen molar-refractivity contribution in [2.75, 3.05) is 13.1 Å². The van der Waals surface area contributed by atoms with Gasteiger partial charge in [0.2, 0.25) is 0 Å². The summed E-state index contributed by atoms with van der Waals surface area (Å²) in [6.45, 7) is 5.34. The Morgan fingerprint density at radius 2 is 2.00 bits per heavy atom. The Kier molecular flexibility index (Phi) is 3.61. The van der Waals surface area contributed by atoms with E-state index in [2.05, 4.69) is 0 Å². The molecule has 2 atom stereocenters. The van der Waals surface area contributed by atoms with Gasteiger partial charge in [0.1, 0.15) is 5.60 Å². The number of likely N-dealkylation sites (tertiary alicyclic amines) is 1. The lowest BCUT2D eigenvalue weighted by Gasteiger charge is -2.24. The van der Waals surface area contributed by atoms with E-state index in [9.17, 15) is 9.59 Å². The normalized spacial score (nSPS) is 24.2. The predicted octanol–water partition coefficient (Wildman–Crippen LogP) is 1.08. The van der Waals surface area contributed by atoms with Gasteiger partial charge >= 0.3 is 12.1 Å². The van der Waals surface area contributed by atoms with Crippen LogP contribution in [0.1, 0.15) is 20.8 Å². The molecule has 0 bridgehead atoms. The van der Waals surface area contributed by atoms with E-state index in [1.54, 1.807) is 20.8 Å². The van der Waals surface area contributed by atoms with Gasteiger partial charge in [-0.2, -0.15) is 5.26 Å². The van der Waals surface area contributed by atoms with Gasteiger partial charge in [-0.15, -0.1) is 0 Å². The summed E-state index contributed by atoms with van der Waals surface area (Å²) in [6.07, 6.45) is -0.568. The van der Waals surface area contributed by atoms with E-state index < -0.39 is 29.5 Å². The second kappa shape index (κ2) is 4.62. The van der Waals surface area contributed by atoms with Gasteiger partial charge in [-0.05, 0) is 20.8 Å². The third-order valence-electron chi connectivity index (χ3n) is 2.45. The van der Waals surface area contributed by atoms with Crippen LogP contribution < -0.4 is 0 Å². The number of ether oxygens (including phenoxy) is 1. The first kappa shape index (κ1) is 13.3. The second-order valence-corrected chi connectivity index (χ2v) is 5.07. The van der Waals surface area contributed by atoms with E-state index in [4.69, 9.17) is 15.1 Å². The molecule has 6 nitrogen and oxygen atoms in total. The van der Waals surface area contributed by atoms with Crippen molar-refractivity contribution in [3.05, 3.63) is 0 Å². The minimum atomic E-state index is -1.05. The van der Waals surface area contributed by atoms with Crippen molar-refractivity contribution in [2.45, 2.75) is 26.4 Å². The lowest BCUT2D eigenvalue weighted by Crippen LogP contribution is -2.35. The van der Waals surface area contributed by atoms with Crippen LogP contribution >= 0.6 is 0 Å². The van der Waals surface area contributed by atoms with Crippen molar-refractivity contribution in [3.8, 4) is 6.07 Å². The maximum Gasteiger partial charge on any atom is 0.410 e. The minimum absolute atomic E-state index is 0.0302. The van der Waals surface area contributed by atoms with Gasteiger partial charge in [-0.25, -0.2) is 4.79 Å². The second-order valence-electron chi connectivity index (χ2n) is 5.07. The molecule has 1 N–H and O–H groups in total. The van der Waals surface area contributed by atoms with Crippen molar-refractivity contribution >= 4 is 12.1 Å². The summed E-state index contributed by atoms with van der Waals surface area (Å²) in [5, 5.41) is 17.7. The zero-order chi connectivity index (χ0) is 13.2. The number of hydrogen-bond donors (Lipinski definition) is 1. The number of amides is 1. The standard InChI is InChI=1S/C11H16N2O4/c1-11(2,3)17-10(16)13-5-7(4-12)8(6-13)9(14)15/h7-8H,5-6H2,1-3H3,(H,14,15)/t7-,8+/m0/s1. The maximum atomic E-state index is 11.7. The molecule has 1 saturated heterocycles. The van der Waals surface area contributed by atoms with Gasteiger partial charge < -0.3 is 14.7 Å². The first-order valence-electron chi connectivity index (χ1n) is 5.35. The Morgan fingerprint density at radius 1 is 1.41 bits per heavy atom. The van der Waals surface area contributed by atoms with Gasteiger partial charge in [0.25, 0.3) is 0 Å². The molecule has 1 aliphatic heterocycles. The van der Waals surface area contributed by atoms with Crippen LogP contribution in [0.15, 0.2) is 0 Å². The van der Waals surface area contributed by atoms with E-state index in [-0.39, 0.29) is 13.1 Å². The quantitative estimate of drug-likeness (QED) is 0.740. The van der Waals surface area contributed by atoms with Crippen molar-refractivity contribution in [3.63, 3.8) is 0 Å². The molecule has 0 radical (unpaired) electrons. The highest BCUT2D eigenvalue weighted by molar-refractivity contribution is 5.75. The van der Waals surface area contributed by atoms with Crippen LogP contribution in [0.3, 0.4) is 0 Å². The average molecular weight is 240 g/mol. The fourth-order valence-corrected chi connectivity index (χ4v) is 1.66. The lowest BCUT2D eigenvalue weighted by molar-refractivity contribution is -0.141. The van der Waals surface area contributed by atoms with Crippen LogP contribution in [0.25, 0.3) is 0 Å². The molecule has 1 heterocycles. The van der Waals surface area contributed by atoms with E-state index in [0.717, 1.165) is 0 Å². The molecule has 17 heavy (non-hydrogen) atoms. The number of carboxylic acids is 1. The molecule has 0 aromatic heterocycles. The van der Waals surface area contributed by atoms with Gasteiger partial charge in [-0.1, -0.05) is 0 Å². The monoisotopic (exact) mass is 240 g/mol. The number of rotatable bonds is 1. The summed E-state index contributed by atoms with van der Waals surface area (Å²) in [6, 6.07) is 1.91. The fourth-order valence-electron chi connectivity index (χ4n) is 1.66. The molecule has 6 heteroatoms. The van der Waals surface area contributed by atoms with Crippen molar-refractivity contribution in [1.29, 1.82) is 5.26 Å². The van der Waals surface area contributed by atoms with Crippen LogP contribution in [0.2, 0.25) is 0 Å². The van der Waals surface area contributed by atoms with Gasteiger partial charge in [0, 0.05) is 13.1 Å². The summed E-state index contributed by atoms with van der Waals surface area (Å²) in [5.74, 6) is -2.55. The van der Waals surface area contributed by atoms with Gasteiger partial charge in [0.05, 0.1) is 17.9 Å². The Bertz CT molecular complexity index is 367. The summed E-state index contributed by atoms with van der Waals surface area (Å²) in [7, 11) is 0. The zero-order valence-electron chi connectivity index (χ0n) is 10.1. The topological polar surface area (TPSA) is 90.6 Å². The van der Waals surface area contributed by atoms with Crippen LogP contribution in [0, 0.1) is 23.2 Å². The average Bonchev–Trinajstić information content (AvgIpc) is 2.58. The smallest absolute Gasteiger partial charge is 0.410 e. The number of nitriles is 1. The highest BCUT2D eigenvalue weighted by atomic mass is 16.6. The zero-order valence-corrected chi connectivity index (χ0v) is 10.1. The summed E-state index contributed by atoms with van der Waals surface area (Å²) < 4.78 is 5.13.